The smallest absolute Gasteiger partial charge is 0.240 e. The van der Waals surface area contributed by atoms with Crippen LogP contribution in [0.25, 0.3) is 16.3 Å². The third kappa shape index (κ3) is 4.98. The van der Waals surface area contributed by atoms with Gasteiger partial charge >= 0.3 is 0 Å². The molecule has 5 rings (SSSR count). The fourth-order valence-electron chi connectivity index (χ4n) is 4.51. The fourth-order valence-corrected chi connectivity index (χ4v) is 6.45. The molecule has 196 valence electrons. The molecule has 10 heteroatoms. The number of benzene rings is 2. The predicted octanol–water partition coefficient (Wildman–Crippen LogP) is 5.88. The molecule has 6 nitrogen and oxygen atoms in total. The van der Waals surface area contributed by atoms with Crippen LogP contribution in [0, 0.1) is 18.6 Å². The fraction of sp³-hybridized carbons (Fsp3) is 0.250. The minimum Gasteiger partial charge on any atom is -0.355 e. The Morgan fingerprint density at radius 3 is 2.68 bits per heavy atom. The van der Waals surface area contributed by atoms with E-state index >= 15 is 4.39 Å². The van der Waals surface area contributed by atoms with Gasteiger partial charge in [-0.1, -0.05) is 37.3 Å². The van der Waals surface area contributed by atoms with Crippen LogP contribution in [-0.2, 0) is 9.59 Å². The van der Waals surface area contributed by atoms with Crippen LogP contribution in [-0.4, -0.2) is 40.4 Å². The monoisotopic (exact) mass is 552 g/mol. The van der Waals surface area contributed by atoms with Gasteiger partial charge in [-0.3, -0.25) is 14.5 Å². The summed E-state index contributed by atoms with van der Waals surface area (Å²) >= 11 is 2.72. The van der Waals surface area contributed by atoms with Crippen molar-refractivity contribution in [2.45, 2.75) is 25.5 Å². The van der Waals surface area contributed by atoms with Crippen molar-refractivity contribution in [2.75, 3.05) is 23.7 Å². The first-order valence-electron chi connectivity index (χ1n) is 12.3. The molecule has 0 aliphatic carbocycles. The van der Waals surface area contributed by atoms with Crippen molar-refractivity contribution in [3.63, 3.8) is 0 Å². The van der Waals surface area contributed by atoms with Crippen molar-refractivity contribution in [1.82, 2.24) is 15.1 Å². The number of para-hydroxylation sites is 1. The Labute approximate surface area is 227 Å². The summed E-state index contributed by atoms with van der Waals surface area (Å²) in [7, 11) is 0. The number of thiophene rings is 1. The number of rotatable bonds is 7. The van der Waals surface area contributed by atoms with Gasteiger partial charge < -0.3 is 5.32 Å². The highest BCUT2D eigenvalue weighted by molar-refractivity contribution is 8.00. The van der Waals surface area contributed by atoms with Crippen LogP contribution in [0.4, 0.5) is 14.6 Å². The first kappa shape index (κ1) is 26.1. The zero-order valence-electron chi connectivity index (χ0n) is 20.9. The number of carbonyl (C=O) groups is 2. The van der Waals surface area contributed by atoms with E-state index in [0.717, 1.165) is 28.6 Å². The van der Waals surface area contributed by atoms with Crippen molar-refractivity contribution < 1.29 is 18.4 Å². The Bertz CT molecular complexity index is 1490. The molecule has 0 saturated carbocycles. The molecule has 2 amide bonds. The van der Waals surface area contributed by atoms with E-state index in [1.54, 1.807) is 4.68 Å². The Morgan fingerprint density at radius 1 is 1.16 bits per heavy atom. The summed E-state index contributed by atoms with van der Waals surface area (Å²) < 4.78 is 30.8. The zero-order chi connectivity index (χ0) is 26.8. The molecule has 2 aromatic carbocycles. The molecule has 4 aromatic rings. The highest BCUT2D eigenvalue weighted by Crippen LogP contribution is 2.49. The summed E-state index contributed by atoms with van der Waals surface area (Å²) in [6.07, 6.45) is 0.760. The van der Waals surface area contributed by atoms with Gasteiger partial charge in [0.25, 0.3) is 0 Å². The van der Waals surface area contributed by atoms with E-state index in [2.05, 4.69) is 5.32 Å². The topological polar surface area (TPSA) is 67.2 Å². The second-order valence-electron chi connectivity index (χ2n) is 8.95. The first-order valence-corrected chi connectivity index (χ1v) is 14.2. The molecule has 1 unspecified atom stereocenters. The van der Waals surface area contributed by atoms with Gasteiger partial charge in [-0.05, 0) is 42.5 Å². The average Bonchev–Trinajstić information content (AvgIpc) is 3.53. The van der Waals surface area contributed by atoms with Crippen LogP contribution in [0.15, 0.2) is 60.0 Å². The van der Waals surface area contributed by atoms with Gasteiger partial charge in [0.1, 0.15) is 29.7 Å². The molecule has 0 spiro atoms. The Hall–Kier alpha value is -3.50. The SMILES string of the molecule is CCCNC(=O)CN1C(=O)CSC(c2ccc(F)cc2F)c2c(-c3cccs3)nn(-c3ccccc3C)c21. The van der Waals surface area contributed by atoms with E-state index in [-0.39, 0.29) is 29.7 Å². The summed E-state index contributed by atoms with van der Waals surface area (Å²) in [6, 6.07) is 14.9. The highest BCUT2D eigenvalue weighted by Gasteiger charge is 2.39. The van der Waals surface area contributed by atoms with Crippen LogP contribution < -0.4 is 10.2 Å². The molecule has 0 fully saturated rings. The van der Waals surface area contributed by atoms with E-state index in [1.165, 1.54) is 40.1 Å². The van der Waals surface area contributed by atoms with Gasteiger partial charge in [0, 0.05) is 23.7 Å². The number of nitrogens with zero attached hydrogens (tertiary/aromatic N) is 3. The van der Waals surface area contributed by atoms with E-state index in [1.807, 2.05) is 55.6 Å². The van der Waals surface area contributed by atoms with Crippen LogP contribution in [0.2, 0.25) is 0 Å². The number of carbonyl (C=O) groups excluding carboxylic acids is 2. The number of fused-ring (bicyclic) bond motifs is 1. The van der Waals surface area contributed by atoms with Gasteiger partial charge in [0.15, 0.2) is 0 Å². The normalized spacial score (nSPS) is 15.3. The molecule has 38 heavy (non-hydrogen) atoms. The van der Waals surface area contributed by atoms with Gasteiger partial charge in [0.05, 0.1) is 21.6 Å². The van der Waals surface area contributed by atoms with E-state index in [0.29, 0.717) is 23.6 Å². The maximum absolute atomic E-state index is 15.2. The van der Waals surface area contributed by atoms with E-state index in [4.69, 9.17) is 5.10 Å². The second kappa shape index (κ2) is 11.1. The van der Waals surface area contributed by atoms with Crippen LogP contribution in [0.3, 0.4) is 0 Å². The maximum atomic E-state index is 15.2. The lowest BCUT2D eigenvalue weighted by Gasteiger charge is -2.23. The molecule has 1 atom stereocenters. The first-order chi connectivity index (χ1) is 18.4. The quantitative estimate of drug-likeness (QED) is 0.311. The van der Waals surface area contributed by atoms with Crippen molar-refractivity contribution in [2.24, 2.45) is 0 Å². The molecule has 0 saturated heterocycles. The van der Waals surface area contributed by atoms with Gasteiger partial charge in [-0.2, -0.15) is 5.10 Å². The molecule has 0 radical (unpaired) electrons. The molecule has 1 aliphatic rings. The number of amides is 2. The summed E-state index contributed by atoms with van der Waals surface area (Å²) in [6.45, 7) is 4.18. The largest absolute Gasteiger partial charge is 0.355 e. The summed E-state index contributed by atoms with van der Waals surface area (Å²) in [5, 5.41) is 9.09. The molecule has 3 heterocycles. The second-order valence-corrected chi connectivity index (χ2v) is 11.0. The summed E-state index contributed by atoms with van der Waals surface area (Å²) in [5.41, 5.74) is 3.11. The highest BCUT2D eigenvalue weighted by atomic mass is 32.2. The number of thioether (sulfide) groups is 1. The van der Waals surface area contributed by atoms with Gasteiger partial charge in [-0.25, -0.2) is 13.5 Å². The Balaban J connectivity index is 1.80. The maximum Gasteiger partial charge on any atom is 0.240 e. The number of halogens is 2. The van der Waals surface area contributed by atoms with Crippen LogP contribution in [0.5, 0.6) is 0 Å². The molecule has 1 aliphatic heterocycles. The number of hydrogen-bond donors (Lipinski definition) is 1. The van der Waals surface area contributed by atoms with E-state index < -0.39 is 16.9 Å². The third-order valence-electron chi connectivity index (χ3n) is 6.31. The minimum absolute atomic E-state index is 0.00880. The molecule has 0 bridgehead atoms. The van der Waals surface area contributed by atoms with Gasteiger partial charge in [0.2, 0.25) is 11.8 Å². The van der Waals surface area contributed by atoms with Crippen molar-refractivity contribution in [1.29, 1.82) is 0 Å². The lowest BCUT2D eigenvalue weighted by atomic mass is 10.0. The number of anilines is 1. The number of aromatic nitrogens is 2. The summed E-state index contributed by atoms with van der Waals surface area (Å²) in [5.74, 6) is -1.54. The molecular weight excluding hydrogens is 526 g/mol. The van der Waals surface area contributed by atoms with Crippen molar-refractivity contribution in [3.05, 3.63) is 88.3 Å². The molecular formula is C28H26F2N4O2S2. The standard InChI is InChI=1S/C28H26F2N4O2S2/c1-3-12-31-23(35)15-33-24(36)16-38-27(19-11-10-18(29)14-20(19)30)25-26(22-9-6-13-37-22)32-34(28(25)33)21-8-5-4-7-17(21)2/h4-11,13-14,27H,3,12,15-16H2,1-2H3,(H,31,35). The van der Waals surface area contributed by atoms with Crippen LogP contribution in [0.1, 0.15) is 35.3 Å². The number of aryl methyl sites for hydroxylation is 1. The zero-order valence-corrected chi connectivity index (χ0v) is 22.5. The Kier molecular flexibility index (Phi) is 7.62. The predicted molar refractivity (Wildman–Crippen MR) is 148 cm³/mol. The lowest BCUT2D eigenvalue weighted by molar-refractivity contribution is -0.122. The third-order valence-corrected chi connectivity index (χ3v) is 8.42. The molecule has 2 aromatic heterocycles. The summed E-state index contributed by atoms with van der Waals surface area (Å²) in [4.78, 5) is 28.8. The van der Waals surface area contributed by atoms with Gasteiger partial charge in [-0.15, -0.1) is 23.1 Å². The van der Waals surface area contributed by atoms with Crippen molar-refractivity contribution >= 4 is 40.7 Å². The van der Waals surface area contributed by atoms with Crippen LogP contribution >= 0.6 is 23.1 Å². The minimum atomic E-state index is -0.698. The number of hydrogen-bond acceptors (Lipinski definition) is 5. The van der Waals surface area contributed by atoms with Crippen molar-refractivity contribution in [3.8, 4) is 16.3 Å². The average molecular weight is 553 g/mol. The Morgan fingerprint density at radius 2 is 1.97 bits per heavy atom. The lowest BCUT2D eigenvalue weighted by Crippen LogP contribution is -2.42. The van der Waals surface area contributed by atoms with E-state index in [9.17, 15) is 14.0 Å². The number of nitrogens with one attached hydrogen (secondary N) is 1. The molecule has 1 N–H and O–H groups in total.